The van der Waals surface area contributed by atoms with Crippen LogP contribution in [0.15, 0.2) is 12.1 Å². The fourth-order valence-corrected chi connectivity index (χ4v) is 4.75. The molecule has 0 unspecified atom stereocenters. The third-order valence-corrected chi connectivity index (χ3v) is 6.84. The van der Waals surface area contributed by atoms with Gasteiger partial charge in [0, 0.05) is 45.9 Å². The van der Waals surface area contributed by atoms with E-state index in [-0.39, 0.29) is 23.3 Å². The lowest BCUT2D eigenvalue weighted by molar-refractivity contribution is -0.000471. The summed E-state index contributed by atoms with van der Waals surface area (Å²) in [4.78, 5) is 28.5. The van der Waals surface area contributed by atoms with Crippen LogP contribution >= 0.6 is 24.2 Å². The molecule has 3 N–H and O–H groups in total. The van der Waals surface area contributed by atoms with Gasteiger partial charge >= 0.3 is 0 Å². The fraction of sp³-hybridized carbons (Fsp3) is 0.619. The predicted octanol–water partition coefficient (Wildman–Crippen LogP) is 2.51. The Morgan fingerprint density at radius 1 is 1.23 bits per heavy atom. The molecule has 2 atom stereocenters. The molecule has 1 aromatic carbocycles. The number of piperidine rings is 2. The van der Waals surface area contributed by atoms with Crippen LogP contribution in [0, 0.1) is 5.92 Å². The topological polar surface area (TPSA) is 97.1 Å². The van der Waals surface area contributed by atoms with Crippen molar-refractivity contribution in [2.75, 3.05) is 52.7 Å². The van der Waals surface area contributed by atoms with Gasteiger partial charge in [-0.3, -0.25) is 9.59 Å². The molecule has 3 rings (SSSR count). The summed E-state index contributed by atoms with van der Waals surface area (Å²) in [6, 6.07) is 2.97. The van der Waals surface area contributed by atoms with Crippen molar-refractivity contribution in [3.05, 3.63) is 22.7 Å². The van der Waals surface area contributed by atoms with Crippen LogP contribution in [0.3, 0.4) is 0 Å². The van der Waals surface area contributed by atoms with E-state index in [1.54, 1.807) is 18.1 Å². The summed E-state index contributed by atoms with van der Waals surface area (Å²) >= 11 is 10.0. The Labute approximate surface area is 193 Å². The van der Waals surface area contributed by atoms with Crippen molar-refractivity contribution in [3.8, 4) is 5.75 Å². The monoisotopic (exact) mass is 470 g/mol. The molecule has 31 heavy (non-hydrogen) atoms. The van der Waals surface area contributed by atoms with Crippen LogP contribution in [-0.4, -0.2) is 80.0 Å². The van der Waals surface area contributed by atoms with Crippen molar-refractivity contribution in [1.29, 1.82) is 0 Å². The molecule has 1 aromatic rings. The molecule has 2 fully saturated rings. The summed E-state index contributed by atoms with van der Waals surface area (Å²) < 4.78 is 11.0. The van der Waals surface area contributed by atoms with Gasteiger partial charge in [-0.2, -0.15) is 0 Å². The maximum Gasteiger partial charge on any atom is 0.278 e. The zero-order valence-corrected chi connectivity index (χ0v) is 19.6. The largest absolute Gasteiger partial charge is 0.496 e. The number of methoxy groups -OCH3 is 2. The summed E-state index contributed by atoms with van der Waals surface area (Å²) in [6.45, 7) is 4.11. The van der Waals surface area contributed by atoms with Gasteiger partial charge in [-0.15, -0.1) is 0 Å². The van der Waals surface area contributed by atoms with Gasteiger partial charge in [-0.1, -0.05) is 24.2 Å². The van der Waals surface area contributed by atoms with Crippen LogP contribution in [0.2, 0.25) is 5.02 Å². The fourth-order valence-electron chi connectivity index (χ4n) is 4.38. The van der Waals surface area contributed by atoms with E-state index in [1.807, 2.05) is 0 Å². The molecule has 0 spiro atoms. The van der Waals surface area contributed by atoms with Gasteiger partial charge in [0.25, 0.3) is 11.1 Å². The van der Waals surface area contributed by atoms with E-state index in [0.29, 0.717) is 27.9 Å². The zero-order valence-electron chi connectivity index (χ0n) is 18.0. The van der Waals surface area contributed by atoms with Crippen molar-refractivity contribution >= 4 is 41.1 Å². The number of benzene rings is 1. The Bertz CT molecular complexity index is 804. The van der Waals surface area contributed by atoms with E-state index in [0.717, 1.165) is 52.0 Å². The standard InChI is InChI=1S/C21H31ClN4O4S/c1-29-18-10-16(23)15(22)9-14(18)20(27)24-17-5-6-25(12-19(17)30-2)11-13-3-7-26(8-4-13)21(28)31/h9-10,13,17,19H,3-8,11-12,23H2,1-2H3,(H,24,27)(H,28,31)/t17-,19+/m1/s1. The van der Waals surface area contributed by atoms with Gasteiger partial charge in [-0.25, -0.2) is 0 Å². The molecule has 2 heterocycles. The lowest BCUT2D eigenvalue weighted by Gasteiger charge is -2.40. The number of nitrogens with zero attached hydrogens (tertiary/aromatic N) is 2. The lowest BCUT2D eigenvalue weighted by Crippen LogP contribution is -2.55. The zero-order chi connectivity index (χ0) is 22.5. The number of carbonyl (C=O) groups excluding carboxylic acids is 2. The highest BCUT2D eigenvalue weighted by molar-refractivity contribution is 7.96. The Morgan fingerprint density at radius 3 is 2.55 bits per heavy atom. The van der Waals surface area contributed by atoms with E-state index in [4.69, 9.17) is 26.8 Å². The Hall–Kier alpha value is -1.68. The number of carbonyl (C=O) groups is 2. The second-order valence-corrected chi connectivity index (χ2v) is 8.98. The number of hydrogen-bond donors (Lipinski definition) is 3. The van der Waals surface area contributed by atoms with Crippen molar-refractivity contribution in [2.45, 2.75) is 31.4 Å². The molecule has 172 valence electrons. The minimum absolute atomic E-state index is 0.113. The minimum atomic E-state index is -0.261. The first kappa shape index (κ1) is 24.0. The second-order valence-electron chi connectivity index (χ2n) is 8.19. The quantitative estimate of drug-likeness (QED) is 0.436. The number of likely N-dealkylation sites (tertiary alicyclic amines) is 2. The van der Waals surface area contributed by atoms with Crippen LogP contribution in [0.25, 0.3) is 0 Å². The van der Waals surface area contributed by atoms with Crippen LogP contribution < -0.4 is 15.8 Å². The Kier molecular flexibility index (Phi) is 8.32. The van der Waals surface area contributed by atoms with Gasteiger partial charge in [0.15, 0.2) is 0 Å². The molecule has 0 aliphatic carbocycles. The molecule has 10 heteroatoms. The summed E-state index contributed by atoms with van der Waals surface area (Å²) in [6.07, 6.45) is 2.63. The summed E-state index contributed by atoms with van der Waals surface area (Å²) in [7, 11) is 3.16. The molecule has 0 bridgehead atoms. The molecule has 2 aliphatic heterocycles. The summed E-state index contributed by atoms with van der Waals surface area (Å²) in [5, 5.41) is 3.25. The number of hydrogen-bond acceptors (Lipinski definition) is 6. The van der Waals surface area contributed by atoms with Gasteiger partial charge < -0.3 is 30.3 Å². The van der Waals surface area contributed by atoms with E-state index in [9.17, 15) is 9.59 Å². The number of amides is 2. The number of rotatable bonds is 6. The molecule has 0 saturated carbocycles. The van der Waals surface area contributed by atoms with E-state index >= 15 is 0 Å². The Balaban J connectivity index is 1.56. The minimum Gasteiger partial charge on any atom is -0.496 e. The van der Waals surface area contributed by atoms with Crippen LogP contribution in [0.1, 0.15) is 29.6 Å². The third-order valence-electron chi connectivity index (χ3n) is 6.23. The van der Waals surface area contributed by atoms with Crippen LogP contribution in [0.5, 0.6) is 5.75 Å². The molecule has 8 nitrogen and oxygen atoms in total. The smallest absolute Gasteiger partial charge is 0.278 e. The highest BCUT2D eigenvalue weighted by Crippen LogP contribution is 2.29. The Morgan fingerprint density at radius 2 is 1.94 bits per heavy atom. The molecule has 2 saturated heterocycles. The van der Waals surface area contributed by atoms with E-state index in [1.165, 1.54) is 13.2 Å². The third kappa shape index (κ3) is 5.97. The molecule has 2 aliphatic rings. The number of nitrogen functional groups attached to an aromatic ring is 1. The van der Waals surface area contributed by atoms with E-state index < -0.39 is 0 Å². The first-order valence-electron chi connectivity index (χ1n) is 10.5. The normalized spacial score (nSPS) is 22.9. The maximum atomic E-state index is 12.9. The number of nitrogens with two attached hydrogens (primary N) is 1. The predicted molar refractivity (Wildman–Crippen MR) is 124 cm³/mol. The average Bonchev–Trinajstić information content (AvgIpc) is 2.76. The van der Waals surface area contributed by atoms with Gasteiger partial charge in [0.1, 0.15) is 5.75 Å². The second kappa shape index (κ2) is 10.8. The van der Waals surface area contributed by atoms with Crippen molar-refractivity contribution in [3.63, 3.8) is 0 Å². The molecular formula is C21H31ClN4O4S. The molecule has 2 amide bonds. The maximum absolute atomic E-state index is 12.9. The van der Waals surface area contributed by atoms with Gasteiger partial charge in [-0.05, 0) is 31.2 Å². The van der Waals surface area contributed by atoms with Crippen molar-refractivity contribution in [1.82, 2.24) is 15.1 Å². The highest BCUT2D eigenvalue weighted by atomic mass is 35.5. The number of ether oxygens (including phenoxy) is 2. The van der Waals surface area contributed by atoms with Crippen molar-refractivity contribution < 1.29 is 19.1 Å². The lowest BCUT2D eigenvalue weighted by atomic mass is 9.94. The number of halogens is 1. The molecule has 0 radical (unpaired) electrons. The number of anilines is 1. The van der Waals surface area contributed by atoms with Gasteiger partial charge in [0.2, 0.25) is 0 Å². The first-order valence-corrected chi connectivity index (χ1v) is 11.3. The molecule has 0 aromatic heterocycles. The van der Waals surface area contributed by atoms with Crippen LogP contribution in [-0.2, 0) is 4.74 Å². The summed E-state index contributed by atoms with van der Waals surface area (Å²) in [5.41, 5.74) is 6.53. The van der Waals surface area contributed by atoms with Crippen molar-refractivity contribution in [2.24, 2.45) is 5.92 Å². The van der Waals surface area contributed by atoms with Gasteiger partial charge in [0.05, 0.1) is 35.5 Å². The molecular weight excluding hydrogens is 440 g/mol. The average molecular weight is 471 g/mol. The summed E-state index contributed by atoms with van der Waals surface area (Å²) in [5.74, 6) is 0.675. The SMILES string of the molecule is COc1cc(N)c(Cl)cc1C(=O)N[C@@H]1CCN(CC2CCN(C(=O)S)CC2)C[C@@H]1OC. The van der Waals surface area contributed by atoms with Crippen LogP contribution in [0.4, 0.5) is 10.5 Å². The number of nitrogens with one attached hydrogen (secondary N) is 1. The first-order chi connectivity index (χ1) is 14.8. The number of thiol groups is 1. The van der Waals surface area contributed by atoms with E-state index in [2.05, 4.69) is 22.8 Å². The highest BCUT2D eigenvalue weighted by Gasteiger charge is 2.33.